The first-order valence-corrected chi connectivity index (χ1v) is 8.91. The van der Waals surface area contributed by atoms with Crippen molar-refractivity contribution in [3.63, 3.8) is 0 Å². The van der Waals surface area contributed by atoms with Gasteiger partial charge in [-0.25, -0.2) is 0 Å². The highest BCUT2D eigenvalue weighted by molar-refractivity contribution is 9.09. The Labute approximate surface area is 122 Å². The van der Waals surface area contributed by atoms with Gasteiger partial charge in [-0.15, -0.1) is 0 Å². The molecule has 1 aliphatic carbocycles. The maximum Gasteiger partial charge on any atom is 0.0518 e. The van der Waals surface area contributed by atoms with Crippen LogP contribution in [0, 0.1) is 11.3 Å². The van der Waals surface area contributed by atoms with Gasteiger partial charge in [-0.1, -0.05) is 42.1 Å². The summed E-state index contributed by atoms with van der Waals surface area (Å²) in [4.78, 5) is 0. The van der Waals surface area contributed by atoms with Crippen LogP contribution in [-0.4, -0.2) is 18.0 Å². The second kappa shape index (κ2) is 8.58. The van der Waals surface area contributed by atoms with Crippen LogP contribution >= 0.6 is 15.9 Å². The molecule has 0 bridgehead atoms. The van der Waals surface area contributed by atoms with Crippen molar-refractivity contribution < 1.29 is 4.74 Å². The van der Waals surface area contributed by atoms with Crippen molar-refractivity contribution in [3.8, 4) is 0 Å². The first-order chi connectivity index (χ1) is 8.62. The van der Waals surface area contributed by atoms with Gasteiger partial charge >= 0.3 is 0 Å². The fourth-order valence-electron chi connectivity index (χ4n) is 3.03. The first-order valence-electron chi connectivity index (χ1n) is 7.79. The number of halogens is 1. The molecule has 0 aliphatic heterocycles. The molecular formula is C16H31BrO. The number of rotatable bonds is 8. The number of hydrogen-bond donors (Lipinski definition) is 0. The molecule has 1 saturated carbocycles. The molecule has 1 rings (SSSR count). The molecule has 0 saturated heterocycles. The van der Waals surface area contributed by atoms with Gasteiger partial charge in [0.05, 0.1) is 6.10 Å². The summed E-state index contributed by atoms with van der Waals surface area (Å²) in [6.45, 7) is 7.49. The third-order valence-corrected chi connectivity index (χ3v) is 5.69. The quantitative estimate of drug-likeness (QED) is 0.532. The smallest absolute Gasteiger partial charge is 0.0518 e. The molecule has 0 aromatic rings. The van der Waals surface area contributed by atoms with E-state index in [9.17, 15) is 0 Å². The molecule has 0 N–H and O–H groups in total. The molecule has 0 heterocycles. The molecule has 1 aliphatic rings. The summed E-state index contributed by atoms with van der Waals surface area (Å²) in [7, 11) is 0. The monoisotopic (exact) mass is 318 g/mol. The van der Waals surface area contributed by atoms with Gasteiger partial charge in [-0.2, -0.15) is 0 Å². The van der Waals surface area contributed by atoms with Gasteiger partial charge in [-0.3, -0.25) is 0 Å². The molecule has 1 fully saturated rings. The Balaban J connectivity index is 2.30. The summed E-state index contributed by atoms with van der Waals surface area (Å²) in [6.07, 6.45) is 11.5. The van der Waals surface area contributed by atoms with Crippen LogP contribution in [-0.2, 0) is 4.74 Å². The molecule has 1 nitrogen and oxygen atoms in total. The van der Waals surface area contributed by atoms with Crippen LogP contribution in [0.2, 0.25) is 0 Å². The number of hydrogen-bond acceptors (Lipinski definition) is 1. The van der Waals surface area contributed by atoms with Gasteiger partial charge in [0.1, 0.15) is 0 Å². The van der Waals surface area contributed by atoms with Crippen molar-refractivity contribution in [2.24, 2.45) is 11.3 Å². The minimum absolute atomic E-state index is 0.373. The number of unbranched alkanes of at least 4 members (excludes halogenated alkanes) is 1. The highest BCUT2D eigenvalue weighted by Gasteiger charge is 2.33. The fourth-order valence-corrected chi connectivity index (χ4v) is 3.87. The molecule has 108 valence electrons. The molecule has 0 radical (unpaired) electrons. The molecule has 0 aromatic heterocycles. The largest absolute Gasteiger partial charge is 0.379 e. The van der Waals surface area contributed by atoms with Crippen LogP contribution < -0.4 is 0 Å². The lowest BCUT2D eigenvalue weighted by Gasteiger charge is -2.39. The first kappa shape index (κ1) is 16.5. The van der Waals surface area contributed by atoms with Crippen LogP contribution in [0.1, 0.15) is 72.1 Å². The van der Waals surface area contributed by atoms with E-state index in [2.05, 4.69) is 36.7 Å². The Morgan fingerprint density at radius 1 is 1.28 bits per heavy atom. The van der Waals surface area contributed by atoms with Crippen LogP contribution in [0.25, 0.3) is 0 Å². The van der Waals surface area contributed by atoms with Crippen molar-refractivity contribution in [3.05, 3.63) is 0 Å². The second-order valence-corrected chi connectivity index (χ2v) is 6.95. The molecule has 2 heteroatoms. The van der Waals surface area contributed by atoms with Gasteiger partial charge in [0.2, 0.25) is 0 Å². The average Bonchev–Trinajstić information content (AvgIpc) is 2.37. The van der Waals surface area contributed by atoms with E-state index < -0.39 is 0 Å². The molecule has 0 atom stereocenters. The lowest BCUT2D eigenvalue weighted by Crippen LogP contribution is -2.31. The zero-order valence-corrected chi connectivity index (χ0v) is 14.1. The molecular weight excluding hydrogens is 288 g/mol. The third-order valence-electron chi connectivity index (χ3n) is 4.50. The van der Waals surface area contributed by atoms with Crippen LogP contribution in [0.15, 0.2) is 0 Å². The van der Waals surface area contributed by atoms with E-state index in [1.165, 1.54) is 51.4 Å². The molecule has 0 aromatic carbocycles. The molecule has 18 heavy (non-hydrogen) atoms. The molecule has 0 spiro atoms. The zero-order valence-electron chi connectivity index (χ0n) is 12.5. The van der Waals surface area contributed by atoms with Crippen molar-refractivity contribution in [2.45, 2.75) is 78.2 Å². The van der Waals surface area contributed by atoms with Gasteiger partial charge in [0, 0.05) is 11.9 Å². The Morgan fingerprint density at radius 3 is 2.44 bits per heavy atom. The number of ether oxygens (including phenoxy) is 1. The third kappa shape index (κ3) is 5.61. The maximum absolute atomic E-state index is 5.74. The summed E-state index contributed by atoms with van der Waals surface area (Å²) in [5, 5.41) is 1.15. The lowest BCUT2D eigenvalue weighted by atomic mass is 9.69. The summed E-state index contributed by atoms with van der Waals surface area (Å²) in [6, 6.07) is 0. The van der Waals surface area contributed by atoms with E-state index in [4.69, 9.17) is 4.74 Å². The second-order valence-electron chi connectivity index (χ2n) is 6.39. The van der Waals surface area contributed by atoms with Crippen molar-refractivity contribution in [2.75, 3.05) is 11.9 Å². The van der Waals surface area contributed by atoms with Crippen LogP contribution in [0.3, 0.4) is 0 Å². The Hall–Kier alpha value is 0.440. The van der Waals surface area contributed by atoms with E-state index in [0.29, 0.717) is 11.5 Å². The SMILES string of the molecule is CCCCC1CCC(CBr)(CCOC(C)C)CC1. The predicted octanol–water partition coefficient (Wildman–Crippen LogP) is 5.56. The lowest BCUT2D eigenvalue weighted by molar-refractivity contribution is 0.0409. The van der Waals surface area contributed by atoms with Gasteiger partial charge in [0.25, 0.3) is 0 Å². The highest BCUT2D eigenvalue weighted by Crippen LogP contribution is 2.44. The van der Waals surface area contributed by atoms with E-state index in [1.54, 1.807) is 0 Å². The van der Waals surface area contributed by atoms with Crippen molar-refractivity contribution in [1.29, 1.82) is 0 Å². The Morgan fingerprint density at radius 2 is 1.94 bits per heavy atom. The zero-order chi connectivity index (χ0) is 13.4. The summed E-state index contributed by atoms with van der Waals surface area (Å²) in [5.41, 5.74) is 0.525. The normalized spacial score (nSPS) is 28.8. The summed E-state index contributed by atoms with van der Waals surface area (Å²) >= 11 is 3.75. The summed E-state index contributed by atoms with van der Waals surface area (Å²) < 4.78 is 5.74. The topological polar surface area (TPSA) is 9.23 Å². The van der Waals surface area contributed by atoms with E-state index >= 15 is 0 Å². The average molecular weight is 319 g/mol. The predicted molar refractivity (Wildman–Crippen MR) is 83.4 cm³/mol. The van der Waals surface area contributed by atoms with Gasteiger partial charge in [0.15, 0.2) is 0 Å². The maximum atomic E-state index is 5.74. The van der Waals surface area contributed by atoms with Gasteiger partial charge < -0.3 is 4.74 Å². The Bertz CT molecular complexity index is 207. The van der Waals surface area contributed by atoms with Crippen molar-refractivity contribution >= 4 is 15.9 Å². The minimum Gasteiger partial charge on any atom is -0.379 e. The number of alkyl halides is 1. The Kier molecular flexibility index (Phi) is 7.86. The molecule has 0 amide bonds. The van der Waals surface area contributed by atoms with Gasteiger partial charge in [-0.05, 0) is 57.3 Å². The fraction of sp³-hybridized carbons (Fsp3) is 1.00. The van der Waals surface area contributed by atoms with Crippen LogP contribution in [0.5, 0.6) is 0 Å². The molecule has 0 unspecified atom stereocenters. The minimum atomic E-state index is 0.373. The summed E-state index contributed by atoms with van der Waals surface area (Å²) in [5.74, 6) is 1.00. The van der Waals surface area contributed by atoms with E-state index in [0.717, 1.165) is 17.9 Å². The standard InChI is InChI=1S/C16H31BrO/c1-4-5-6-15-7-9-16(13-17,10-8-15)11-12-18-14(2)3/h14-15H,4-13H2,1-3H3. The van der Waals surface area contributed by atoms with Crippen LogP contribution in [0.4, 0.5) is 0 Å². The van der Waals surface area contributed by atoms with E-state index in [-0.39, 0.29) is 0 Å². The highest BCUT2D eigenvalue weighted by atomic mass is 79.9. The van der Waals surface area contributed by atoms with E-state index in [1.807, 2.05) is 0 Å². The van der Waals surface area contributed by atoms with Crippen molar-refractivity contribution in [1.82, 2.24) is 0 Å².